The zero-order valence-corrected chi connectivity index (χ0v) is 17.2. The number of thiophene rings is 1. The summed E-state index contributed by atoms with van der Waals surface area (Å²) in [6.07, 6.45) is 0.463. The second-order valence-electron chi connectivity index (χ2n) is 7.01. The second kappa shape index (κ2) is 8.31. The minimum absolute atomic E-state index is 0.0353. The maximum atomic E-state index is 14.0. The third-order valence-electron chi connectivity index (χ3n) is 4.76. The summed E-state index contributed by atoms with van der Waals surface area (Å²) in [5.41, 5.74) is 2.60. The molecule has 0 aliphatic rings. The molecule has 5 rings (SSSR count). The molecule has 32 heavy (non-hydrogen) atoms. The van der Waals surface area contributed by atoms with Gasteiger partial charge in [-0.2, -0.15) is 16.3 Å². The molecule has 0 saturated heterocycles. The number of anilines is 1. The molecule has 10 heteroatoms. The largest absolute Gasteiger partial charge is 0.339 e. The van der Waals surface area contributed by atoms with Crippen LogP contribution < -0.4 is 5.32 Å². The van der Waals surface area contributed by atoms with E-state index in [4.69, 9.17) is 4.52 Å². The summed E-state index contributed by atoms with van der Waals surface area (Å²) in [7, 11) is 0. The summed E-state index contributed by atoms with van der Waals surface area (Å²) in [4.78, 5) is 23.9. The lowest BCUT2D eigenvalue weighted by atomic mass is 10.2. The van der Waals surface area contributed by atoms with Gasteiger partial charge < -0.3 is 14.8 Å². The van der Waals surface area contributed by atoms with Gasteiger partial charge >= 0.3 is 0 Å². The van der Waals surface area contributed by atoms with Gasteiger partial charge in [0.05, 0.1) is 16.6 Å². The quantitative estimate of drug-likeness (QED) is 0.370. The third kappa shape index (κ3) is 4.12. The number of aromatic amines is 1. The highest BCUT2D eigenvalue weighted by molar-refractivity contribution is 7.08. The molecule has 160 valence electrons. The lowest BCUT2D eigenvalue weighted by molar-refractivity contribution is -0.116. The Morgan fingerprint density at radius 1 is 1.12 bits per heavy atom. The van der Waals surface area contributed by atoms with E-state index in [9.17, 15) is 13.6 Å². The molecule has 0 fully saturated rings. The highest BCUT2D eigenvalue weighted by Gasteiger charge is 2.14. The van der Waals surface area contributed by atoms with E-state index in [1.807, 2.05) is 16.8 Å². The van der Waals surface area contributed by atoms with Gasteiger partial charge in [-0.25, -0.2) is 13.8 Å². The maximum Gasteiger partial charge on any atom is 0.227 e. The van der Waals surface area contributed by atoms with Crippen molar-refractivity contribution in [1.82, 2.24) is 20.1 Å². The highest BCUT2D eigenvalue weighted by Crippen LogP contribution is 2.26. The second-order valence-corrected chi connectivity index (χ2v) is 7.79. The molecular weight excluding hydrogens is 436 g/mol. The maximum absolute atomic E-state index is 14.0. The van der Waals surface area contributed by atoms with Crippen LogP contribution in [0, 0.1) is 11.6 Å². The van der Waals surface area contributed by atoms with Crippen molar-refractivity contribution in [3.05, 3.63) is 70.7 Å². The van der Waals surface area contributed by atoms with E-state index < -0.39 is 11.6 Å². The van der Waals surface area contributed by atoms with Crippen LogP contribution in [0.3, 0.4) is 0 Å². The van der Waals surface area contributed by atoms with Crippen LogP contribution in [0.4, 0.5) is 14.5 Å². The number of aryl methyl sites for hydroxylation is 1. The molecule has 0 spiro atoms. The van der Waals surface area contributed by atoms with Gasteiger partial charge in [0.2, 0.25) is 17.6 Å². The Morgan fingerprint density at radius 2 is 2.03 bits per heavy atom. The van der Waals surface area contributed by atoms with Crippen molar-refractivity contribution in [3.8, 4) is 22.8 Å². The lowest BCUT2D eigenvalue weighted by Crippen LogP contribution is -2.12. The number of rotatable bonds is 6. The Kier molecular flexibility index (Phi) is 5.20. The van der Waals surface area contributed by atoms with Gasteiger partial charge in [0.25, 0.3) is 0 Å². The van der Waals surface area contributed by atoms with Gasteiger partial charge in [0.1, 0.15) is 17.5 Å². The van der Waals surface area contributed by atoms with E-state index in [1.165, 1.54) is 11.3 Å². The zero-order chi connectivity index (χ0) is 22.1. The van der Waals surface area contributed by atoms with Gasteiger partial charge in [-0.15, -0.1) is 0 Å². The number of hydrogen-bond acceptors (Lipinski definition) is 6. The minimum atomic E-state index is -0.581. The molecule has 0 atom stereocenters. The Hall–Kier alpha value is -3.92. The van der Waals surface area contributed by atoms with Crippen molar-refractivity contribution in [2.24, 2.45) is 0 Å². The summed E-state index contributed by atoms with van der Waals surface area (Å²) in [6.45, 7) is 0. The summed E-state index contributed by atoms with van der Waals surface area (Å²) in [5, 5.41) is 10.6. The molecule has 3 aromatic heterocycles. The predicted molar refractivity (Wildman–Crippen MR) is 116 cm³/mol. The lowest BCUT2D eigenvalue weighted by Gasteiger charge is -2.03. The van der Waals surface area contributed by atoms with Crippen molar-refractivity contribution in [2.75, 3.05) is 5.32 Å². The van der Waals surface area contributed by atoms with E-state index in [2.05, 4.69) is 25.4 Å². The summed E-state index contributed by atoms with van der Waals surface area (Å²) in [5.74, 6) is -0.279. The molecule has 0 saturated carbocycles. The fraction of sp³-hybridized carbons (Fsp3) is 0.0909. The van der Waals surface area contributed by atoms with Crippen molar-refractivity contribution >= 4 is 34.0 Å². The number of halogens is 2. The Bertz CT molecular complexity index is 1410. The molecule has 2 aromatic carbocycles. The molecule has 7 nitrogen and oxygen atoms in total. The summed E-state index contributed by atoms with van der Waals surface area (Å²) < 4.78 is 32.7. The first-order valence-electron chi connectivity index (χ1n) is 9.65. The number of fused-ring (bicyclic) bond motifs is 1. The number of nitrogens with one attached hydrogen (secondary N) is 2. The van der Waals surface area contributed by atoms with Gasteiger partial charge in [-0.05, 0) is 47.8 Å². The number of nitrogens with zero attached hydrogens (tertiary/aromatic N) is 3. The van der Waals surface area contributed by atoms with Gasteiger partial charge in [-0.3, -0.25) is 4.79 Å². The molecular formula is C22H15F2N5O2S. The smallest absolute Gasteiger partial charge is 0.227 e. The topological polar surface area (TPSA) is 96.7 Å². The number of hydrogen-bond donors (Lipinski definition) is 2. The first-order valence-corrected chi connectivity index (χ1v) is 10.6. The molecule has 2 N–H and O–H groups in total. The third-order valence-corrected chi connectivity index (χ3v) is 5.45. The molecule has 3 heterocycles. The van der Waals surface area contributed by atoms with E-state index >= 15 is 0 Å². The van der Waals surface area contributed by atoms with Crippen molar-refractivity contribution in [2.45, 2.75) is 12.8 Å². The molecule has 0 radical (unpaired) electrons. The van der Waals surface area contributed by atoms with E-state index in [0.29, 0.717) is 34.9 Å². The van der Waals surface area contributed by atoms with Crippen LogP contribution in [0.5, 0.6) is 0 Å². The van der Waals surface area contributed by atoms with Gasteiger partial charge in [0.15, 0.2) is 0 Å². The molecule has 0 unspecified atom stereocenters. The molecule has 5 aromatic rings. The fourth-order valence-corrected chi connectivity index (χ4v) is 3.84. The Balaban J connectivity index is 1.26. The number of H-pyrrole nitrogens is 1. The van der Waals surface area contributed by atoms with E-state index in [0.717, 1.165) is 23.8 Å². The minimum Gasteiger partial charge on any atom is -0.339 e. The Morgan fingerprint density at radius 3 is 2.88 bits per heavy atom. The Labute approximate surface area is 184 Å². The average Bonchev–Trinajstić information content (AvgIpc) is 3.53. The number of amides is 1. The van der Waals surface area contributed by atoms with Crippen LogP contribution in [-0.2, 0) is 11.2 Å². The molecule has 0 bridgehead atoms. The van der Waals surface area contributed by atoms with Crippen LogP contribution >= 0.6 is 11.3 Å². The summed E-state index contributed by atoms with van der Waals surface area (Å²) in [6, 6.07) is 10.1. The molecule has 0 aliphatic heterocycles. The molecule has 0 aliphatic carbocycles. The summed E-state index contributed by atoms with van der Waals surface area (Å²) >= 11 is 1.54. The van der Waals surface area contributed by atoms with Crippen molar-refractivity contribution in [3.63, 3.8) is 0 Å². The number of aromatic nitrogens is 4. The van der Waals surface area contributed by atoms with Crippen LogP contribution in [0.1, 0.15) is 12.3 Å². The first kappa shape index (κ1) is 20.0. The number of benzene rings is 2. The van der Waals surface area contributed by atoms with Gasteiger partial charge in [0, 0.05) is 29.5 Å². The standard InChI is InChI=1S/C22H15F2N5O2S/c23-13-1-3-16(24)15(9-13)22-26-17-4-2-14(10-18(17)27-22)25-19(30)5-6-20-28-21(29-31-20)12-7-8-32-11-12/h1-4,7-11H,5-6H2,(H,25,30)(H,26,27). The normalized spacial score (nSPS) is 11.2. The van der Waals surface area contributed by atoms with Crippen LogP contribution in [0.25, 0.3) is 33.8 Å². The number of carbonyl (C=O) groups excluding carboxylic acids is 1. The SMILES string of the molecule is O=C(CCc1nc(-c2ccsc2)no1)Nc1ccc2nc(-c3cc(F)ccc3F)[nH]c2c1. The van der Waals surface area contributed by atoms with Crippen LogP contribution in [-0.4, -0.2) is 26.0 Å². The van der Waals surface area contributed by atoms with Crippen molar-refractivity contribution < 1.29 is 18.1 Å². The van der Waals surface area contributed by atoms with Crippen LogP contribution in [0.2, 0.25) is 0 Å². The monoisotopic (exact) mass is 451 g/mol. The van der Waals surface area contributed by atoms with Gasteiger partial charge in [-0.1, -0.05) is 5.16 Å². The van der Waals surface area contributed by atoms with E-state index in [-0.39, 0.29) is 23.7 Å². The molecule has 1 amide bonds. The fourth-order valence-electron chi connectivity index (χ4n) is 3.20. The predicted octanol–water partition coefficient (Wildman–Crippen LogP) is 5.19. The zero-order valence-electron chi connectivity index (χ0n) is 16.4. The van der Waals surface area contributed by atoms with Crippen LogP contribution in [0.15, 0.2) is 57.7 Å². The number of imidazole rings is 1. The van der Waals surface area contributed by atoms with Crippen molar-refractivity contribution in [1.29, 1.82) is 0 Å². The highest BCUT2D eigenvalue weighted by atomic mass is 32.1. The average molecular weight is 451 g/mol. The number of carbonyl (C=O) groups is 1. The first-order chi connectivity index (χ1) is 15.5. The van der Waals surface area contributed by atoms with E-state index in [1.54, 1.807) is 18.2 Å².